The second-order valence-corrected chi connectivity index (χ2v) is 10.6. The van der Waals surface area contributed by atoms with Gasteiger partial charge in [-0.05, 0) is 78.7 Å². The van der Waals surface area contributed by atoms with Crippen LogP contribution in [0.5, 0.6) is 0 Å². The number of fused-ring (bicyclic) bond motifs is 4. The van der Waals surface area contributed by atoms with Crippen LogP contribution in [0.4, 0.5) is 0 Å². The first-order chi connectivity index (χ1) is 16.0. The number of hydrogen-bond acceptors (Lipinski definition) is 5. The maximum Gasteiger partial charge on any atom is 0.156 e. The van der Waals surface area contributed by atoms with Crippen LogP contribution in [0.3, 0.4) is 0 Å². The molecule has 5 heteroatoms. The van der Waals surface area contributed by atoms with Gasteiger partial charge in [-0.15, -0.1) is 0 Å². The summed E-state index contributed by atoms with van der Waals surface area (Å²) < 4.78 is 12.0. The topological polar surface area (TPSA) is 68.1 Å². The van der Waals surface area contributed by atoms with Gasteiger partial charge in [0.25, 0.3) is 0 Å². The summed E-state index contributed by atoms with van der Waals surface area (Å²) in [6.07, 6.45) is 10.2. The van der Waals surface area contributed by atoms with Crippen molar-refractivity contribution in [2.75, 3.05) is 20.8 Å². The van der Waals surface area contributed by atoms with E-state index in [0.29, 0.717) is 24.9 Å². The number of rotatable bonds is 5. The fourth-order valence-corrected chi connectivity index (χ4v) is 7.78. The number of carbonyl (C=O) groups is 1. The van der Waals surface area contributed by atoms with E-state index in [9.17, 15) is 4.79 Å². The molecule has 0 aromatic heterocycles. The molecule has 0 amide bonds. The normalized spacial score (nSPS) is 35.9. The Morgan fingerprint density at radius 1 is 1.15 bits per heavy atom. The average molecular weight is 450 g/mol. The van der Waals surface area contributed by atoms with E-state index in [4.69, 9.17) is 14.7 Å². The largest absolute Gasteiger partial charge is 0.411 e. The van der Waals surface area contributed by atoms with Crippen molar-refractivity contribution in [2.45, 2.75) is 63.4 Å². The van der Waals surface area contributed by atoms with E-state index in [1.165, 1.54) is 22.9 Å². The number of hydrogen-bond donors (Lipinski definition) is 1. The van der Waals surface area contributed by atoms with E-state index in [-0.39, 0.29) is 22.7 Å². The highest BCUT2D eigenvalue weighted by Gasteiger charge is 2.63. The Balaban J connectivity index is 1.65. The number of ether oxygens (including phenoxy) is 2. The molecule has 1 aromatic rings. The first-order valence-corrected chi connectivity index (χ1v) is 12.2. The van der Waals surface area contributed by atoms with Gasteiger partial charge in [0.15, 0.2) is 5.78 Å². The first-order valence-electron chi connectivity index (χ1n) is 12.2. The zero-order chi connectivity index (χ0) is 23.2. The van der Waals surface area contributed by atoms with Crippen LogP contribution in [0.25, 0.3) is 0 Å². The van der Waals surface area contributed by atoms with Crippen LogP contribution in [0.1, 0.15) is 68.9 Å². The van der Waals surface area contributed by atoms with E-state index < -0.39 is 0 Å². The molecule has 5 atom stereocenters. The van der Waals surface area contributed by atoms with Crippen molar-refractivity contribution in [3.05, 3.63) is 58.2 Å². The number of oxime groups is 1. The lowest BCUT2D eigenvalue weighted by atomic mass is 9.51. The fourth-order valence-electron chi connectivity index (χ4n) is 7.78. The van der Waals surface area contributed by atoms with Crippen LogP contribution in [0.2, 0.25) is 0 Å². The lowest BCUT2D eigenvalue weighted by Gasteiger charge is -2.55. The predicted molar refractivity (Wildman–Crippen MR) is 128 cm³/mol. The summed E-state index contributed by atoms with van der Waals surface area (Å²) in [5, 5.41) is 12.1. The maximum absolute atomic E-state index is 12.2. The molecule has 4 aliphatic carbocycles. The Kier molecular flexibility index (Phi) is 5.82. The fraction of sp³-hybridized carbons (Fsp3) is 0.571. The van der Waals surface area contributed by atoms with Crippen molar-refractivity contribution in [1.82, 2.24) is 0 Å². The van der Waals surface area contributed by atoms with Crippen molar-refractivity contribution in [1.29, 1.82) is 0 Å². The summed E-state index contributed by atoms with van der Waals surface area (Å²) in [5.74, 6) is 1.64. The second-order valence-electron chi connectivity index (χ2n) is 10.6. The van der Waals surface area contributed by atoms with Crippen molar-refractivity contribution in [2.24, 2.45) is 22.4 Å². The summed E-state index contributed by atoms with van der Waals surface area (Å²) >= 11 is 0. The third-order valence-electron chi connectivity index (χ3n) is 9.34. The molecule has 5 nitrogen and oxygen atoms in total. The van der Waals surface area contributed by atoms with Crippen LogP contribution in [-0.2, 0) is 14.3 Å². The van der Waals surface area contributed by atoms with Crippen LogP contribution >= 0.6 is 0 Å². The third kappa shape index (κ3) is 3.43. The Morgan fingerprint density at radius 3 is 2.64 bits per heavy atom. The smallest absolute Gasteiger partial charge is 0.156 e. The van der Waals surface area contributed by atoms with Crippen molar-refractivity contribution in [3.63, 3.8) is 0 Å². The zero-order valence-electron chi connectivity index (χ0n) is 20.0. The van der Waals surface area contributed by atoms with Gasteiger partial charge in [-0.3, -0.25) is 4.79 Å². The standard InChI is InChI=1S/C28H35NO4/c1-27-15-24(19-6-4-18(5-7-19)16-29-31)26-22-11-9-21(30)14-20(22)8-10-23(26)25(27)12-13-28(27,33-3)17-32-2/h4-7,14,16,23-25,31H,8-13,15,17H2,1-3H3/b29-16+/t23?,24-,25?,27+,28-/m1/s1. The highest BCUT2D eigenvalue weighted by atomic mass is 16.5. The molecule has 0 heterocycles. The molecule has 4 aliphatic rings. The lowest BCUT2D eigenvalue weighted by molar-refractivity contribution is -0.149. The van der Waals surface area contributed by atoms with E-state index in [0.717, 1.165) is 44.1 Å². The molecular formula is C28H35NO4. The van der Waals surface area contributed by atoms with Gasteiger partial charge in [0.2, 0.25) is 0 Å². The Morgan fingerprint density at radius 2 is 1.94 bits per heavy atom. The van der Waals surface area contributed by atoms with E-state index in [2.05, 4.69) is 24.2 Å². The molecule has 5 rings (SSSR count). The molecular weight excluding hydrogens is 414 g/mol. The van der Waals surface area contributed by atoms with Crippen LogP contribution < -0.4 is 0 Å². The van der Waals surface area contributed by atoms with Gasteiger partial charge in [0, 0.05) is 32.0 Å². The molecule has 2 unspecified atom stereocenters. The van der Waals surface area contributed by atoms with Gasteiger partial charge < -0.3 is 14.7 Å². The number of allylic oxidation sites excluding steroid dienone is 4. The molecule has 2 fully saturated rings. The van der Waals surface area contributed by atoms with Crippen molar-refractivity contribution < 1.29 is 19.5 Å². The molecule has 1 aromatic carbocycles. The van der Waals surface area contributed by atoms with Gasteiger partial charge in [-0.2, -0.15) is 0 Å². The molecule has 0 radical (unpaired) electrons. The van der Waals surface area contributed by atoms with Crippen molar-refractivity contribution in [3.8, 4) is 0 Å². The highest BCUT2D eigenvalue weighted by molar-refractivity contribution is 5.93. The Hall–Kier alpha value is -2.24. The van der Waals surface area contributed by atoms with Gasteiger partial charge in [-0.1, -0.05) is 41.9 Å². The average Bonchev–Trinajstić information content (AvgIpc) is 3.11. The summed E-state index contributed by atoms with van der Waals surface area (Å²) in [4.78, 5) is 12.2. The minimum absolute atomic E-state index is 0.00802. The Bertz CT molecular complexity index is 1020. The maximum atomic E-state index is 12.2. The number of nitrogens with zero attached hydrogens (tertiary/aromatic N) is 1. The van der Waals surface area contributed by atoms with Crippen LogP contribution in [0, 0.1) is 17.3 Å². The van der Waals surface area contributed by atoms with Gasteiger partial charge in [0.05, 0.1) is 18.4 Å². The van der Waals surface area contributed by atoms with Crippen LogP contribution in [-0.4, -0.2) is 43.6 Å². The number of methoxy groups -OCH3 is 2. The van der Waals surface area contributed by atoms with Gasteiger partial charge in [-0.25, -0.2) is 0 Å². The van der Waals surface area contributed by atoms with Crippen LogP contribution in [0.15, 0.2) is 52.2 Å². The summed E-state index contributed by atoms with van der Waals surface area (Å²) in [6.45, 7) is 3.05. The molecule has 2 saturated carbocycles. The molecule has 1 N–H and O–H groups in total. The predicted octanol–water partition coefficient (Wildman–Crippen LogP) is 5.43. The van der Waals surface area contributed by atoms with Gasteiger partial charge in [0.1, 0.15) is 0 Å². The quantitative estimate of drug-likeness (QED) is 0.370. The van der Waals surface area contributed by atoms with Gasteiger partial charge >= 0.3 is 0 Å². The third-order valence-corrected chi connectivity index (χ3v) is 9.34. The number of ketones is 1. The summed E-state index contributed by atoms with van der Waals surface area (Å²) in [5.41, 5.74) is 6.23. The highest BCUT2D eigenvalue weighted by Crippen LogP contribution is 2.67. The van der Waals surface area contributed by atoms with E-state index in [1.54, 1.807) is 12.7 Å². The summed E-state index contributed by atoms with van der Waals surface area (Å²) in [6, 6.07) is 8.42. The van der Waals surface area contributed by atoms with Crippen molar-refractivity contribution >= 4 is 12.0 Å². The first kappa shape index (κ1) is 22.5. The monoisotopic (exact) mass is 449 g/mol. The number of benzene rings is 1. The number of carbonyl (C=O) groups excluding carboxylic acids is 1. The summed E-state index contributed by atoms with van der Waals surface area (Å²) in [7, 11) is 3.64. The van der Waals surface area contributed by atoms with E-state index in [1.807, 2.05) is 25.3 Å². The zero-order valence-corrected chi connectivity index (χ0v) is 20.0. The molecule has 0 bridgehead atoms. The van der Waals surface area contributed by atoms with E-state index >= 15 is 0 Å². The lowest BCUT2D eigenvalue weighted by Crippen LogP contribution is -2.54. The molecule has 176 valence electrons. The SMILES string of the molecule is COC[C@]1(OC)CCC2C3CCC4=CC(=O)CCC4=C3[C@@H](c3ccc(/C=N/O)cc3)C[C@@]21C. The Labute approximate surface area is 196 Å². The molecule has 0 saturated heterocycles. The molecule has 33 heavy (non-hydrogen) atoms. The minimum Gasteiger partial charge on any atom is -0.411 e. The minimum atomic E-state index is -0.275. The molecule has 0 aliphatic heterocycles. The molecule has 0 spiro atoms. The second kappa shape index (κ2) is 8.52.